The van der Waals surface area contributed by atoms with E-state index in [1.165, 1.54) is 12.1 Å². The summed E-state index contributed by atoms with van der Waals surface area (Å²) in [6.07, 6.45) is 1.70. The zero-order valence-corrected chi connectivity index (χ0v) is 13.2. The van der Waals surface area contributed by atoms with Crippen LogP contribution < -0.4 is 11.3 Å². The van der Waals surface area contributed by atoms with Crippen LogP contribution in [0.1, 0.15) is 17.3 Å². The highest BCUT2D eigenvalue weighted by molar-refractivity contribution is 14.1. The lowest BCUT2D eigenvalue weighted by Crippen LogP contribution is -2.31. The van der Waals surface area contributed by atoms with E-state index in [0.29, 0.717) is 0 Å². The standard InChI is InChI=1S/C11H11BrFIN4/c1-18-11(8(12)5-16-18)10(17-15)7-3-2-6(13)4-9(7)14/h2-5,10,17H,15H2,1H3. The molecule has 1 aromatic heterocycles. The highest BCUT2D eigenvalue weighted by Crippen LogP contribution is 2.30. The molecule has 0 aliphatic carbocycles. The van der Waals surface area contributed by atoms with Crippen LogP contribution in [0, 0.1) is 9.39 Å². The first-order chi connectivity index (χ1) is 8.54. The number of nitrogens with zero attached hydrogens (tertiary/aromatic N) is 2. The highest BCUT2D eigenvalue weighted by atomic mass is 127. The Morgan fingerprint density at radius 3 is 2.78 bits per heavy atom. The smallest absolute Gasteiger partial charge is 0.124 e. The summed E-state index contributed by atoms with van der Waals surface area (Å²) in [5.74, 6) is 5.37. The fourth-order valence-corrected chi connectivity index (χ4v) is 3.16. The van der Waals surface area contributed by atoms with Crippen molar-refractivity contribution in [1.82, 2.24) is 15.2 Å². The topological polar surface area (TPSA) is 55.9 Å². The van der Waals surface area contributed by atoms with Gasteiger partial charge >= 0.3 is 0 Å². The molecule has 1 heterocycles. The molecule has 0 fully saturated rings. The van der Waals surface area contributed by atoms with Crippen LogP contribution in [0.5, 0.6) is 0 Å². The van der Waals surface area contributed by atoms with Crippen LogP contribution in [0.25, 0.3) is 0 Å². The van der Waals surface area contributed by atoms with E-state index in [2.05, 4.69) is 49.0 Å². The molecule has 96 valence electrons. The second-order valence-electron chi connectivity index (χ2n) is 3.77. The molecular weight excluding hydrogens is 414 g/mol. The molecule has 0 aliphatic rings. The molecule has 0 saturated carbocycles. The van der Waals surface area contributed by atoms with Crippen molar-refractivity contribution >= 4 is 38.5 Å². The number of benzene rings is 1. The van der Waals surface area contributed by atoms with Gasteiger partial charge in [0.2, 0.25) is 0 Å². The first-order valence-corrected chi connectivity index (χ1v) is 7.00. The Morgan fingerprint density at radius 1 is 1.56 bits per heavy atom. The first kappa shape index (κ1) is 13.9. The summed E-state index contributed by atoms with van der Waals surface area (Å²) in [6, 6.07) is 4.37. The van der Waals surface area contributed by atoms with E-state index in [1.54, 1.807) is 16.9 Å². The van der Waals surface area contributed by atoms with E-state index in [1.807, 2.05) is 7.05 Å². The Balaban J connectivity index is 2.52. The molecular formula is C11H11BrFIN4. The van der Waals surface area contributed by atoms with Gasteiger partial charge in [-0.1, -0.05) is 6.07 Å². The number of nitrogens with one attached hydrogen (secondary N) is 1. The maximum absolute atomic E-state index is 13.1. The molecule has 0 radical (unpaired) electrons. The molecule has 7 heteroatoms. The highest BCUT2D eigenvalue weighted by Gasteiger charge is 2.21. The molecule has 0 aliphatic heterocycles. The summed E-state index contributed by atoms with van der Waals surface area (Å²) in [7, 11) is 1.83. The lowest BCUT2D eigenvalue weighted by molar-refractivity contribution is 0.568. The third-order valence-electron chi connectivity index (χ3n) is 2.65. The van der Waals surface area contributed by atoms with Crippen LogP contribution in [-0.4, -0.2) is 9.78 Å². The van der Waals surface area contributed by atoms with Crippen molar-refractivity contribution in [3.8, 4) is 0 Å². The van der Waals surface area contributed by atoms with Crippen LogP contribution in [-0.2, 0) is 7.05 Å². The van der Waals surface area contributed by atoms with Crippen LogP contribution >= 0.6 is 38.5 Å². The average molecular weight is 425 g/mol. The molecule has 1 atom stereocenters. The van der Waals surface area contributed by atoms with Crippen molar-refractivity contribution < 1.29 is 4.39 Å². The minimum absolute atomic E-state index is 0.251. The molecule has 0 saturated heterocycles. The molecule has 4 nitrogen and oxygen atoms in total. The maximum atomic E-state index is 13.1. The van der Waals surface area contributed by atoms with Gasteiger partial charge in [-0.05, 0) is 56.2 Å². The van der Waals surface area contributed by atoms with E-state index in [4.69, 9.17) is 5.84 Å². The predicted octanol–water partition coefficient (Wildman–Crippen LogP) is 2.48. The quantitative estimate of drug-likeness (QED) is 0.452. The van der Waals surface area contributed by atoms with Gasteiger partial charge in [0.25, 0.3) is 0 Å². The zero-order valence-electron chi connectivity index (χ0n) is 9.49. The molecule has 3 N–H and O–H groups in total. The van der Waals surface area contributed by atoms with Gasteiger partial charge in [-0.15, -0.1) is 0 Å². The van der Waals surface area contributed by atoms with Crippen LogP contribution in [0.2, 0.25) is 0 Å². The molecule has 0 amide bonds. The van der Waals surface area contributed by atoms with Crippen molar-refractivity contribution in [2.45, 2.75) is 6.04 Å². The summed E-state index contributed by atoms with van der Waals surface area (Å²) in [4.78, 5) is 0. The monoisotopic (exact) mass is 424 g/mol. The third kappa shape index (κ3) is 2.58. The molecule has 2 rings (SSSR count). The summed E-state index contributed by atoms with van der Waals surface area (Å²) in [6.45, 7) is 0. The number of rotatable bonds is 3. The van der Waals surface area contributed by atoms with E-state index in [-0.39, 0.29) is 11.9 Å². The van der Waals surface area contributed by atoms with Crippen LogP contribution in [0.4, 0.5) is 4.39 Å². The lowest BCUT2D eigenvalue weighted by atomic mass is 10.0. The van der Waals surface area contributed by atoms with Crippen LogP contribution in [0.3, 0.4) is 0 Å². The Kier molecular flexibility index (Phi) is 4.36. The SMILES string of the molecule is Cn1ncc(Br)c1C(NN)c1ccc(F)cc1I. The fraction of sp³-hybridized carbons (Fsp3) is 0.182. The summed E-state index contributed by atoms with van der Waals surface area (Å²) in [5.41, 5.74) is 4.54. The van der Waals surface area contributed by atoms with E-state index in [9.17, 15) is 4.39 Å². The number of nitrogens with two attached hydrogens (primary N) is 1. The lowest BCUT2D eigenvalue weighted by Gasteiger charge is -2.19. The van der Waals surface area contributed by atoms with Gasteiger partial charge in [0.15, 0.2) is 0 Å². The fourth-order valence-electron chi connectivity index (χ4n) is 1.80. The number of aromatic nitrogens is 2. The largest absolute Gasteiger partial charge is 0.271 e. The minimum Gasteiger partial charge on any atom is -0.271 e. The average Bonchev–Trinajstić information content (AvgIpc) is 2.64. The van der Waals surface area contributed by atoms with Gasteiger partial charge in [-0.2, -0.15) is 5.10 Å². The Hall–Kier alpha value is -0.510. The van der Waals surface area contributed by atoms with Gasteiger partial charge in [0.05, 0.1) is 22.4 Å². The Bertz CT molecular complexity index is 553. The Labute approximate surface area is 126 Å². The van der Waals surface area contributed by atoms with Crippen molar-refractivity contribution in [1.29, 1.82) is 0 Å². The van der Waals surface area contributed by atoms with E-state index >= 15 is 0 Å². The number of halogens is 3. The van der Waals surface area contributed by atoms with E-state index < -0.39 is 0 Å². The van der Waals surface area contributed by atoms with Gasteiger partial charge in [0, 0.05) is 10.6 Å². The number of hydrogen-bond donors (Lipinski definition) is 2. The number of aryl methyl sites for hydroxylation is 1. The molecule has 2 aromatic rings. The summed E-state index contributed by atoms with van der Waals surface area (Å²) >= 11 is 5.53. The molecule has 0 bridgehead atoms. The van der Waals surface area contributed by atoms with Crippen molar-refractivity contribution in [3.63, 3.8) is 0 Å². The first-order valence-electron chi connectivity index (χ1n) is 5.13. The Morgan fingerprint density at radius 2 is 2.28 bits per heavy atom. The minimum atomic E-state index is -0.261. The normalized spacial score (nSPS) is 12.7. The zero-order chi connectivity index (χ0) is 13.3. The van der Waals surface area contributed by atoms with Crippen molar-refractivity contribution in [2.75, 3.05) is 0 Å². The van der Waals surface area contributed by atoms with Gasteiger partial charge in [0.1, 0.15) is 5.82 Å². The van der Waals surface area contributed by atoms with Gasteiger partial charge < -0.3 is 0 Å². The summed E-state index contributed by atoms with van der Waals surface area (Å²) < 4.78 is 16.5. The molecule has 1 aromatic carbocycles. The predicted molar refractivity (Wildman–Crippen MR) is 79.2 cm³/mol. The molecule has 1 unspecified atom stereocenters. The summed E-state index contributed by atoms with van der Waals surface area (Å²) in [5, 5.41) is 4.16. The number of hydrogen-bond acceptors (Lipinski definition) is 3. The maximum Gasteiger partial charge on any atom is 0.124 e. The second-order valence-corrected chi connectivity index (χ2v) is 5.78. The molecule has 18 heavy (non-hydrogen) atoms. The third-order valence-corrected chi connectivity index (χ3v) is 4.20. The van der Waals surface area contributed by atoms with Crippen LogP contribution in [0.15, 0.2) is 28.9 Å². The van der Waals surface area contributed by atoms with Crippen molar-refractivity contribution in [3.05, 3.63) is 49.5 Å². The van der Waals surface area contributed by atoms with Crippen molar-refractivity contribution in [2.24, 2.45) is 12.9 Å². The molecule has 0 spiro atoms. The second kappa shape index (κ2) is 5.64. The van der Waals surface area contributed by atoms with Gasteiger partial charge in [-0.3, -0.25) is 10.5 Å². The number of hydrazine groups is 1. The van der Waals surface area contributed by atoms with Gasteiger partial charge in [-0.25, -0.2) is 9.82 Å². The van der Waals surface area contributed by atoms with E-state index in [0.717, 1.165) is 19.3 Å².